The maximum Gasteiger partial charge on any atom is 0.242 e. The maximum absolute atomic E-state index is 12.8. The van der Waals surface area contributed by atoms with Gasteiger partial charge < -0.3 is 10.4 Å². The van der Waals surface area contributed by atoms with Crippen molar-refractivity contribution in [1.82, 2.24) is 0 Å². The van der Waals surface area contributed by atoms with Crippen LogP contribution in [0.2, 0.25) is 0 Å². The van der Waals surface area contributed by atoms with Crippen LogP contribution in [0.4, 0.5) is 5.69 Å². The van der Waals surface area contributed by atoms with E-state index in [-0.39, 0.29) is 11.7 Å². The van der Waals surface area contributed by atoms with Crippen molar-refractivity contribution in [2.24, 2.45) is 0 Å². The molecule has 0 aliphatic carbocycles. The fourth-order valence-electron chi connectivity index (χ4n) is 2.31. The number of carbonyl (C=O) groups excluding carboxylic acids is 1. The van der Waals surface area contributed by atoms with E-state index in [1.807, 2.05) is 60.7 Å². The van der Waals surface area contributed by atoms with Crippen molar-refractivity contribution in [1.29, 1.82) is 0 Å². The second-order valence-electron chi connectivity index (χ2n) is 5.23. The van der Waals surface area contributed by atoms with E-state index in [4.69, 9.17) is 0 Å². The van der Waals surface area contributed by atoms with Gasteiger partial charge in [0.2, 0.25) is 5.91 Å². The van der Waals surface area contributed by atoms with Gasteiger partial charge in [0.05, 0.1) is 5.69 Å². The first-order chi connectivity index (χ1) is 11.7. The van der Waals surface area contributed by atoms with Gasteiger partial charge in [-0.1, -0.05) is 60.7 Å². The van der Waals surface area contributed by atoms with E-state index in [1.54, 1.807) is 24.3 Å². The number of rotatable bonds is 5. The summed E-state index contributed by atoms with van der Waals surface area (Å²) in [5.41, 5.74) is 1.33. The summed E-state index contributed by atoms with van der Waals surface area (Å²) >= 11 is 1.48. The molecular formula is C20H17NO2S. The minimum absolute atomic E-state index is 0.0578. The van der Waals surface area contributed by atoms with Crippen molar-refractivity contribution >= 4 is 23.4 Å². The van der Waals surface area contributed by atoms with E-state index < -0.39 is 5.25 Å². The molecule has 0 spiro atoms. The van der Waals surface area contributed by atoms with Crippen molar-refractivity contribution < 1.29 is 9.90 Å². The number of phenols is 1. The quantitative estimate of drug-likeness (QED) is 0.517. The fraction of sp³-hybridized carbons (Fsp3) is 0.0500. The summed E-state index contributed by atoms with van der Waals surface area (Å²) in [5.74, 6) is -0.112. The normalized spacial score (nSPS) is 11.7. The van der Waals surface area contributed by atoms with Crippen molar-refractivity contribution in [3.05, 3.63) is 90.5 Å². The monoisotopic (exact) mass is 335 g/mol. The molecule has 4 heteroatoms. The first-order valence-electron chi connectivity index (χ1n) is 7.59. The van der Waals surface area contributed by atoms with Crippen LogP contribution in [0.15, 0.2) is 89.8 Å². The zero-order chi connectivity index (χ0) is 16.8. The van der Waals surface area contributed by atoms with E-state index in [2.05, 4.69) is 5.32 Å². The minimum atomic E-state index is -0.409. The van der Waals surface area contributed by atoms with Gasteiger partial charge in [0.1, 0.15) is 11.0 Å². The van der Waals surface area contributed by atoms with Crippen LogP contribution in [-0.2, 0) is 4.79 Å². The van der Waals surface area contributed by atoms with Gasteiger partial charge in [-0.3, -0.25) is 4.79 Å². The number of thioether (sulfide) groups is 1. The second-order valence-corrected chi connectivity index (χ2v) is 6.41. The third-order valence-corrected chi connectivity index (χ3v) is 4.77. The Morgan fingerprint density at radius 2 is 1.42 bits per heavy atom. The van der Waals surface area contributed by atoms with Crippen molar-refractivity contribution in [3.8, 4) is 5.75 Å². The molecule has 3 aromatic rings. The van der Waals surface area contributed by atoms with Gasteiger partial charge in [-0.2, -0.15) is 0 Å². The number of hydrogen-bond donors (Lipinski definition) is 2. The molecule has 1 unspecified atom stereocenters. The summed E-state index contributed by atoms with van der Waals surface area (Å²) in [4.78, 5) is 13.8. The first-order valence-corrected chi connectivity index (χ1v) is 8.47. The van der Waals surface area contributed by atoms with E-state index >= 15 is 0 Å². The Hall–Kier alpha value is -2.72. The molecule has 1 amide bonds. The van der Waals surface area contributed by atoms with Gasteiger partial charge in [0.15, 0.2) is 0 Å². The predicted octanol–water partition coefficient (Wildman–Crippen LogP) is 4.86. The van der Waals surface area contributed by atoms with Crippen LogP contribution >= 0.6 is 11.8 Å². The molecular weight excluding hydrogens is 318 g/mol. The molecule has 0 saturated carbocycles. The number of phenolic OH excluding ortho intramolecular Hbond substituents is 1. The average molecular weight is 335 g/mol. The highest BCUT2D eigenvalue weighted by Crippen LogP contribution is 2.36. The molecule has 120 valence electrons. The van der Waals surface area contributed by atoms with E-state index in [0.29, 0.717) is 5.69 Å². The van der Waals surface area contributed by atoms with E-state index in [1.165, 1.54) is 11.8 Å². The molecule has 0 saturated heterocycles. The molecule has 24 heavy (non-hydrogen) atoms. The van der Waals surface area contributed by atoms with Crippen molar-refractivity contribution in [2.75, 3.05) is 5.32 Å². The highest BCUT2D eigenvalue weighted by Gasteiger charge is 2.22. The Bertz CT molecular complexity index is 806. The molecule has 3 aromatic carbocycles. The molecule has 3 nitrogen and oxygen atoms in total. The largest absolute Gasteiger partial charge is 0.506 e. The van der Waals surface area contributed by atoms with Crippen LogP contribution in [0.3, 0.4) is 0 Å². The van der Waals surface area contributed by atoms with Crippen LogP contribution in [0.25, 0.3) is 0 Å². The fourth-order valence-corrected chi connectivity index (χ4v) is 3.36. The van der Waals surface area contributed by atoms with Gasteiger partial charge >= 0.3 is 0 Å². The lowest BCUT2D eigenvalue weighted by Gasteiger charge is -2.17. The van der Waals surface area contributed by atoms with Crippen LogP contribution < -0.4 is 5.32 Å². The zero-order valence-corrected chi connectivity index (χ0v) is 13.7. The van der Waals surface area contributed by atoms with Gasteiger partial charge in [-0.05, 0) is 29.8 Å². The molecule has 0 aliphatic rings. The van der Waals surface area contributed by atoms with Crippen LogP contribution in [0.1, 0.15) is 10.8 Å². The van der Waals surface area contributed by atoms with Crippen LogP contribution in [0.5, 0.6) is 5.75 Å². The number of nitrogens with one attached hydrogen (secondary N) is 1. The summed E-state index contributed by atoms with van der Waals surface area (Å²) in [6, 6.07) is 26.2. The number of hydrogen-bond acceptors (Lipinski definition) is 3. The molecule has 0 aromatic heterocycles. The Morgan fingerprint density at radius 3 is 2.08 bits per heavy atom. The third kappa shape index (κ3) is 3.97. The standard InChI is InChI=1S/C20H17NO2S/c22-18-14-8-7-13-17(18)21-20(23)19(15-9-3-1-4-10-15)24-16-11-5-2-6-12-16/h1-14,19,22H,(H,21,23). The van der Waals surface area contributed by atoms with Gasteiger partial charge in [0.25, 0.3) is 0 Å². The molecule has 0 fully saturated rings. The molecule has 2 N–H and O–H groups in total. The molecule has 0 aliphatic heterocycles. The van der Waals surface area contributed by atoms with Gasteiger partial charge in [0, 0.05) is 4.90 Å². The third-order valence-electron chi connectivity index (χ3n) is 3.50. The van der Waals surface area contributed by atoms with Crippen molar-refractivity contribution in [3.63, 3.8) is 0 Å². The molecule has 0 radical (unpaired) electrons. The lowest BCUT2D eigenvalue weighted by Crippen LogP contribution is -2.19. The Kier molecular flexibility index (Phi) is 5.18. The van der Waals surface area contributed by atoms with Crippen LogP contribution in [-0.4, -0.2) is 11.0 Å². The summed E-state index contributed by atoms with van der Waals surface area (Å²) in [5, 5.41) is 12.3. The summed E-state index contributed by atoms with van der Waals surface area (Å²) in [7, 11) is 0. The zero-order valence-electron chi connectivity index (χ0n) is 12.9. The number of benzene rings is 3. The smallest absolute Gasteiger partial charge is 0.242 e. The SMILES string of the molecule is O=C(Nc1ccccc1O)C(Sc1ccccc1)c1ccccc1. The minimum Gasteiger partial charge on any atom is -0.506 e. The number of carbonyl (C=O) groups is 1. The molecule has 0 heterocycles. The highest BCUT2D eigenvalue weighted by atomic mass is 32.2. The Labute approximate surface area is 145 Å². The summed E-state index contributed by atoms with van der Waals surface area (Å²) < 4.78 is 0. The second kappa shape index (κ2) is 7.70. The average Bonchev–Trinajstić information content (AvgIpc) is 2.63. The molecule has 3 rings (SSSR count). The Morgan fingerprint density at radius 1 is 0.833 bits per heavy atom. The van der Waals surface area contributed by atoms with Gasteiger partial charge in [-0.15, -0.1) is 11.8 Å². The number of para-hydroxylation sites is 2. The van der Waals surface area contributed by atoms with E-state index in [0.717, 1.165) is 10.5 Å². The molecule has 0 bridgehead atoms. The lowest BCUT2D eigenvalue weighted by atomic mass is 10.1. The van der Waals surface area contributed by atoms with E-state index in [9.17, 15) is 9.90 Å². The number of anilines is 1. The van der Waals surface area contributed by atoms with Crippen molar-refractivity contribution in [2.45, 2.75) is 10.1 Å². The summed E-state index contributed by atoms with van der Waals surface area (Å²) in [6.45, 7) is 0. The lowest BCUT2D eigenvalue weighted by molar-refractivity contribution is -0.115. The number of amides is 1. The maximum atomic E-state index is 12.8. The Balaban J connectivity index is 1.87. The molecule has 1 atom stereocenters. The van der Waals surface area contributed by atoms with Gasteiger partial charge in [-0.25, -0.2) is 0 Å². The topological polar surface area (TPSA) is 49.3 Å². The summed E-state index contributed by atoms with van der Waals surface area (Å²) in [6.07, 6.45) is 0. The highest BCUT2D eigenvalue weighted by molar-refractivity contribution is 8.00. The predicted molar refractivity (Wildman–Crippen MR) is 98.2 cm³/mol. The van der Waals surface area contributed by atoms with Crippen LogP contribution in [0, 0.1) is 0 Å². The number of aromatic hydroxyl groups is 1. The first kappa shape index (κ1) is 16.1.